The van der Waals surface area contributed by atoms with Crippen LogP contribution in [0.4, 0.5) is 0 Å². The van der Waals surface area contributed by atoms with Crippen molar-refractivity contribution in [2.75, 3.05) is 7.11 Å². The number of benzene rings is 2. The van der Waals surface area contributed by atoms with Gasteiger partial charge in [-0.1, -0.05) is 27.5 Å². The molecule has 138 valence electrons. The Morgan fingerprint density at radius 1 is 1.30 bits per heavy atom. The summed E-state index contributed by atoms with van der Waals surface area (Å²) in [6, 6.07) is 9.61. The number of hydrogen-bond acceptors (Lipinski definition) is 5. The van der Waals surface area contributed by atoms with Crippen LogP contribution >= 0.6 is 38.9 Å². The van der Waals surface area contributed by atoms with Gasteiger partial charge in [0.2, 0.25) is 0 Å². The lowest BCUT2D eigenvalue weighted by atomic mass is 10.1. The van der Waals surface area contributed by atoms with Gasteiger partial charge in [-0.25, -0.2) is 0 Å². The van der Waals surface area contributed by atoms with Crippen LogP contribution in [0.2, 0.25) is 5.02 Å². The highest BCUT2D eigenvalue weighted by atomic mass is 79.9. The molecule has 0 atom stereocenters. The maximum absolute atomic E-state index is 12.3. The normalized spacial score (nSPS) is 12.4. The number of Topliss-reactive ketones (excluding diaryl/α,β-unsaturated/α-hetero) is 1. The second kappa shape index (κ2) is 8.12. The SMILES string of the molecule is COc1cc(Br)c(/C=c2\s/c(=C\C(=O)c3ccc(Cl)cc3)[nH]c2=O)cc1O. The number of ketones is 1. The Morgan fingerprint density at radius 2 is 2.00 bits per heavy atom. The number of carbonyl (C=O) groups excluding carboxylic acids is 1. The Morgan fingerprint density at radius 3 is 2.67 bits per heavy atom. The minimum absolute atomic E-state index is 0.0374. The zero-order valence-corrected chi connectivity index (χ0v) is 17.1. The highest BCUT2D eigenvalue weighted by Crippen LogP contribution is 2.32. The number of nitrogens with one attached hydrogen (secondary N) is 1. The van der Waals surface area contributed by atoms with E-state index >= 15 is 0 Å². The van der Waals surface area contributed by atoms with Gasteiger partial charge in [-0.3, -0.25) is 9.59 Å². The number of ether oxygens (including phenoxy) is 1. The van der Waals surface area contributed by atoms with Crippen molar-refractivity contribution in [2.24, 2.45) is 0 Å². The maximum Gasteiger partial charge on any atom is 0.266 e. The summed E-state index contributed by atoms with van der Waals surface area (Å²) >= 11 is 10.4. The van der Waals surface area contributed by atoms with Gasteiger partial charge >= 0.3 is 0 Å². The maximum atomic E-state index is 12.3. The molecule has 0 unspecified atom stereocenters. The van der Waals surface area contributed by atoms with Crippen LogP contribution in [0.5, 0.6) is 11.5 Å². The monoisotopic (exact) mass is 465 g/mol. The number of hydrogen-bond donors (Lipinski definition) is 2. The molecule has 1 heterocycles. The number of thiazole rings is 1. The smallest absolute Gasteiger partial charge is 0.266 e. The minimum atomic E-state index is -0.322. The molecule has 2 aromatic carbocycles. The molecule has 3 rings (SSSR count). The van der Waals surface area contributed by atoms with Crippen LogP contribution < -0.4 is 19.5 Å². The predicted molar refractivity (Wildman–Crippen MR) is 110 cm³/mol. The first kappa shape index (κ1) is 19.4. The topological polar surface area (TPSA) is 79.4 Å². The van der Waals surface area contributed by atoms with Crippen molar-refractivity contribution < 1.29 is 14.6 Å². The largest absolute Gasteiger partial charge is 0.504 e. The third-order valence-corrected chi connectivity index (χ3v) is 5.56. The van der Waals surface area contributed by atoms with Gasteiger partial charge in [0.25, 0.3) is 5.56 Å². The summed E-state index contributed by atoms with van der Waals surface area (Å²) in [5, 5.41) is 10.5. The highest BCUT2D eigenvalue weighted by molar-refractivity contribution is 9.10. The lowest BCUT2D eigenvalue weighted by molar-refractivity contribution is 0.106. The predicted octanol–water partition coefficient (Wildman–Crippen LogP) is 3.06. The quantitative estimate of drug-likeness (QED) is 0.579. The van der Waals surface area contributed by atoms with Gasteiger partial charge in [0.05, 0.1) is 16.3 Å². The fraction of sp³-hybridized carbons (Fsp3) is 0.0526. The van der Waals surface area contributed by atoms with Crippen LogP contribution in [0, 0.1) is 0 Å². The molecule has 0 amide bonds. The van der Waals surface area contributed by atoms with E-state index in [1.807, 2.05) is 0 Å². The Kier molecular flexibility index (Phi) is 5.84. The van der Waals surface area contributed by atoms with E-state index in [9.17, 15) is 14.7 Å². The van der Waals surface area contributed by atoms with E-state index in [4.69, 9.17) is 16.3 Å². The van der Waals surface area contributed by atoms with E-state index < -0.39 is 0 Å². The summed E-state index contributed by atoms with van der Waals surface area (Å²) in [5.41, 5.74) is 0.760. The van der Waals surface area contributed by atoms with Gasteiger partial charge in [0, 0.05) is 21.1 Å². The molecule has 0 bridgehead atoms. The Hall–Kier alpha value is -2.35. The molecule has 27 heavy (non-hydrogen) atoms. The molecule has 0 aliphatic heterocycles. The molecular weight excluding hydrogens is 454 g/mol. The van der Waals surface area contributed by atoms with Crippen LogP contribution in [-0.2, 0) is 0 Å². The molecule has 0 aliphatic rings. The first-order valence-electron chi connectivity index (χ1n) is 7.66. The fourth-order valence-electron chi connectivity index (χ4n) is 2.32. The summed E-state index contributed by atoms with van der Waals surface area (Å²) in [7, 11) is 1.45. The van der Waals surface area contributed by atoms with Gasteiger partial charge in [-0.2, -0.15) is 0 Å². The standard InChI is InChI=1S/C19H13BrClNO4S/c1-26-16-8-13(20)11(6-15(16)24)7-17-19(25)22-18(27-17)9-14(23)10-2-4-12(21)5-3-10/h2-9,24H,1H3,(H,22,25)/b17-7-,18-9-. The third-order valence-electron chi connectivity index (χ3n) is 3.66. The molecule has 5 nitrogen and oxygen atoms in total. The van der Waals surface area contributed by atoms with Crippen molar-refractivity contribution in [2.45, 2.75) is 0 Å². The van der Waals surface area contributed by atoms with Crippen LogP contribution in [0.3, 0.4) is 0 Å². The van der Waals surface area contributed by atoms with E-state index in [-0.39, 0.29) is 17.1 Å². The van der Waals surface area contributed by atoms with E-state index in [2.05, 4.69) is 20.9 Å². The van der Waals surface area contributed by atoms with Crippen molar-refractivity contribution in [1.29, 1.82) is 0 Å². The summed E-state index contributed by atoms with van der Waals surface area (Å²) in [4.78, 5) is 27.2. The number of H-pyrrole nitrogens is 1. The first-order chi connectivity index (χ1) is 12.9. The van der Waals surface area contributed by atoms with Gasteiger partial charge in [-0.05, 0) is 48.0 Å². The molecule has 0 fully saturated rings. The number of rotatable bonds is 4. The second-order valence-corrected chi connectivity index (χ2v) is 7.86. The van der Waals surface area contributed by atoms with E-state index in [0.29, 0.717) is 35.6 Å². The van der Waals surface area contributed by atoms with Crippen LogP contribution in [0.1, 0.15) is 15.9 Å². The van der Waals surface area contributed by atoms with Crippen molar-refractivity contribution in [3.05, 3.63) is 76.6 Å². The summed E-state index contributed by atoms with van der Waals surface area (Å²) in [6.07, 6.45) is 2.99. The molecule has 8 heteroatoms. The zero-order chi connectivity index (χ0) is 19.6. The molecule has 0 spiro atoms. The lowest BCUT2D eigenvalue weighted by Crippen LogP contribution is -2.20. The number of phenols is 1. The molecule has 2 N–H and O–H groups in total. The average Bonchev–Trinajstić information content (AvgIpc) is 2.97. The van der Waals surface area contributed by atoms with Crippen LogP contribution in [-0.4, -0.2) is 23.0 Å². The summed E-state index contributed by atoms with van der Waals surface area (Å²) in [6.45, 7) is 0. The number of aromatic nitrogens is 1. The number of halogens is 2. The van der Waals surface area contributed by atoms with E-state index in [0.717, 1.165) is 11.3 Å². The van der Waals surface area contributed by atoms with Gasteiger partial charge in [-0.15, -0.1) is 11.3 Å². The van der Waals surface area contributed by atoms with Crippen molar-refractivity contribution in [1.82, 2.24) is 4.98 Å². The van der Waals surface area contributed by atoms with E-state index in [1.54, 1.807) is 36.4 Å². The molecule has 0 aliphatic carbocycles. The second-order valence-electron chi connectivity index (χ2n) is 5.49. The highest BCUT2D eigenvalue weighted by Gasteiger charge is 2.08. The van der Waals surface area contributed by atoms with Crippen molar-refractivity contribution in [3.63, 3.8) is 0 Å². The summed E-state index contributed by atoms with van der Waals surface area (Å²) < 4.78 is 6.53. The number of aromatic amines is 1. The molecule has 3 aromatic rings. The number of aromatic hydroxyl groups is 1. The Bertz CT molecular complexity index is 1180. The number of methoxy groups -OCH3 is 1. The Labute approximate surface area is 171 Å². The summed E-state index contributed by atoms with van der Waals surface area (Å²) in [5.74, 6) is 0.0466. The van der Waals surface area contributed by atoms with Crippen LogP contribution in [0.25, 0.3) is 12.2 Å². The van der Waals surface area contributed by atoms with E-state index in [1.165, 1.54) is 19.3 Å². The first-order valence-corrected chi connectivity index (χ1v) is 9.65. The van der Waals surface area contributed by atoms with Crippen molar-refractivity contribution in [3.8, 4) is 11.5 Å². The van der Waals surface area contributed by atoms with Gasteiger partial charge in [0.15, 0.2) is 17.3 Å². The molecule has 0 saturated heterocycles. The van der Waals surface area contributed by atoms with Crippen LogP contribution in [0.15, 0.2) is 45.7 Å². The third kappa shape index (κ3) is 4.50. The zero-order valence-electron chi connectivity index (χ0n) is 14.0. The van der Waals surface area contributed by atoms with Crippen molar-refractivity contribution >= 4 is 56.8 Å². The molecular formula is C19H13BrClNO4S. The fourth-order valence-corrected chi connectivity index (χ4v) is 3.76. The number of carbonyl (C=O) groups is 1. The molecule has 0 saturated carbocycles. The van der Waals surface area contributed by atoms with Gasteiger partial charge in [0.1, 0.15) is 0 Å². The minimum Gasteiger partial charge on any atom is -0.504 e. The average molecular weight is 467 g/mol. The molecule has 0 radical (unpaired) electrons. The molecule has 1 aromatic heterocycles. The number of phenolic OH excluding ortho intramolecular Hbond substituents is 1. The lowest BCUT2D eigenvalue weighted by Gasteiger charge is -2.05. The Balaban J connectivity index is 2.01. The van der Waals surface area contributed by atoms with Gasteiger partial charge < -0.3 is 14.8 Å².